The minimum Gasteiger partial charge on any atom is -0.461 e. The average Bonchev–Trinajstić information content (AvgIpc) is 2.91. The predicted molar refractivity (Wildman–Crippen MR) is 81.0 cm³/mol. The summed E-state index contributed by atoms with van der Waals surface area (Å²) in [5.74, 6) is 1.97. The number of nitrogens with one attached hydrogen (secondary N) is 1. The molecular formula is C15H14ClN3O. The van der Waals surface area contributed by atoms with Gasteiger partial charge in [-0.2, -0.15) is 0 Å². The van der Waals surface area contributed by atoms with Gasteiger partial charge in [0.15, 0.2) is 11.6 Å². The van der Waals surface area contributed by atoms with Gasteiger partial charge in [0.05, 0.1) is 11.8 Å². The fraction of sp³-hybridized carbons (Fsp3) is 0.200. The maximum absolute atomic E-state index is 6.05. The Morgan fingerprint density at radius 2 is 2.05 bits per heavy atom. The lowest BCUT2D eigenvalue weighted by Gasteiger charge is -2.12. The summed E-state index contributed by atoms with van der Waals surface area (Å²) < 4.78 is 5.37. The van der Waals surface area contributed by atoms with Gasteiger partial charge in [-0.1, -0.05) is 11.6 Å². The Bertz CT molecular complexity index is 738. The second-order valence-corrected chi connectivity index (χ2v) is 5.27. The summed E-state index contributed by atoms with van der Waals surface area (Å²) in [6.07, 6.45) is 1.61. The van der Waals surface area contributed by atoms with E-state index in [1.807, 2.05) is 30.3 Å². The third-order valence-electron chi connectivity index (χ3n) is 2.83. The van der Waals surface area contributed by atoms with E-state index in [1.54, 1.807) is 6.26 Å². The number of nitrogens with zero attached hydrogens (tertiary/aromatic N) is 2. The van der Waals surface area contributed by atoms with E-state index in [9.17, 15) is 0 Å². The fourth-order valence-corrected chi connectivity index (χ4v) is 2.17. The first-order valence-electron chi connectivity index (χ1n) is 6.41. The number of hydrogen-bond acceptors (Lipinski definition) is 4. The van der Waals surface area contributed by atoms with Gasteiger partial charge in [-0.15, -0.1) is 0 Å². The molecule has 1 aromatic carbocycles. The highest BCUT2D eigenvalue weighted by Gasteiger charge is 2.12. The molecule has 0 radical (unpaired) electrons. The third kappa shape index (κ3) is 2.47. The van der Waals surface area contributed by atoms with Gasteiger partial charge in [0.1, 0.15) is 5.82 Å². The van der Waals surface area contributed by atoms with Crippen LogP contribution in [0.3, 0.4) is 0 Å². The van der Waals surface area contributed by atoms with Crippen LogP contribution in [0.2, 0.25) is 5.02 Å². The van der Waals surface area contributed by atoms with Crippen LogP contribution in [-0.4, -0.2) is 16.0 Å². The number of benzene rings is 1. The largest absolute Gasteiger partial charge is 0.461 e. The molecule has 5 heteroatoms. The zero-order valence-electron chi connectivity index (χ0n) is 11.2. The molecule has 3 aromatic rings. The molecular weight excluding hydrogens is 274 g/mol. The molecule has 102 valence electrons. The smallest absolute Gasteiger partial charge is 0.198 e. The molecule has 0 aliphatic carbocycles. The summed E-state index contributed by atoms with van der Waals surface area (Å²) in [4.78, 5) is 9.07. The maximum atomic E-state index is 6.05. The van der Waals surface area contributed by atoms with Crippen LogP contribution in [0.15, 0.2) is 41.0 Å². The monoisotopic (exact) mass is 287 g/mol. The van der Waals surface area contributed by atoms with Gasteiger partial charge in [-0.3, -0.25) is 0 Å². The summed E-state index contributed by atoms with van der Waals surface area (Å²) in [6, 6.07) is 9.52. The quantitative estimate of drug-likeness (QED) is 0.777. The lowest BCUT2D eigenvalue weighted by Crippen LogP contribution is -2.12. The average molecular weight is 288 g/mol. The van der Waals surface area contributed by atoms with Crippen molar-refractivity contribution < 1.29 is 4.42 Å². The Balaban J connectivity index is 2.23. The first kappa shape index (κ1) is 12.9. The van der Waals surface area contributed by atoms with E-state index >= 15 is 0 Å². The molecule has 0 fully saturated rings. The number of anilines is 1. The number of rotatable bonds is 3. The zero-order chi connectivity index (χ0) is 14.1. The van der Waals surface area contributed by atoms with E-state index in [1.165, 1.54) is 0 Å². The van der Waals surface area contributed by atoms with E-state index in [2.05, 4.69) is 29.1 Å². The Labute approximate surface area is 121 Å². The lowest BCUT2D eigenvalue weighted by molar-refractivity contribution is 0.577. The van der Waals surface area contributed by atoms with Gasteiger partial charge >= 0.3 is 0 Å². The van der Waals surface area contributed by atoms with E-state index < -0.39 is 0 Å². The Morgan fingerprint density at radius 3 is 2.75 bits per heavy atom. The molecule has 20 heavy (non-hydrogen) atoms. The molecule has 0 amide bonds. The number of furan rings is 1. The molecule has 0 saturated carbocycles. The summed E-state index contributed by atoms with van der Waals surface area (Å²) in [6.45, 7) is 4.13. The summed E-state index contributed by atoms with van der Waals surface area (Å²) in [5.41, 5.74) is 0.794. The Kier molecular flexibility index (Phi) is 3.32. The highest BCUT2D eigenvalue weighted by molar-refractivity contribution is 6.31. The standard InChI is InChI=1S/C15H14ClN3O/c1-9(2)17-14-11-6-5-10(16)8-12(11)18-15(19-14)13-4-3-7-20-13/h3-9H,1-2H3,(H,17,18,19). The summed E-state index contributed by atoms with van der Waals surface area (Å²) >= 11 is 6.05. The van der Waals surface area contributed by atoms with E-state index in [4.69, 9.17) is 16.0 Å². The zero-order valence-corrected chi connectivity index (χ0v) is 12.0. The number of aromatic nitrogens is 2. The van der Waals surface area contributed by atoms with Gasteiger partial charge in [-0.05, 0) is 44.2 Å². The van der Waals surface area contributed by atoms with Gasteiger partial charge < -0.3 is 9.73 Å². The van der Waals surface area contributed by atoms with Crippen LogP contribution in [-0.2, 0) is 0 Å². The predicted octanol–water partition coefficient (Wildman–Crippen LogP) is 4.36. The molecule has 0 aliphatic rings. The second kappa shape index (κ2) is 5.13. The van der Waals surface area contributed by atoms with Crippen molar-refractivity contribution in [3.8, 4) is 11.6 Å². The molecule has 2 aromatic heterocycles. The Morgan fingerprint density at radius 1 is 1.20 bits per heavy atom. The van der Waals surface area contributed by atoms with Gasteiger partial charge in [0.2, 0.25) is 0 Å². The summed E-state index contributed by atoms with van der Waals surface area (Å²) in [7, 11) is 0. The molecule has 0 saturated heterocycles. The maximum Gasteiger partial charge on any atom is 0.198 e. The van der Waals surface area contributed by atoms with Crippen molar-refractivity contribution in [3.05, 3.63) is 41.6 Å². The molecule has 3 rings (SSSR count). The molecule has 0 aliphatic heterocycles. The van der Waals surface area contributed by atoms with E-state index in [-0.39, 0.29) is 6.04 Å². The van der Waals surface area contributed by atoms with Crippen molar-refractivity contribution in [1.29, 1.82) is 0 Å². The van der Waals surface area contributed by atoms with Crippen molar-refractivity contribution in [2.75, 3.05) is 5.32 Å². The van der Waals surface area contributed by atoms with Crippen LogP contribution < -0.4 is 5.32 Å². The number of halogens is 1. The molecule has 4 nitrogen and oxygen atoms in total. The van der Waals surface area contributed by atoms with E-state index in [0.29, 0.717) is 16.6 Å². The van der Waals surface area contributed by atoms with Crippen LogP contribution in [0.5, 0.6) is 0 Å². The molecule has 0 atom stereocenters. The van der Waals surface area contributed by atoms with Gasteiger partial charge in [0.25, 0.3) is 0 Å². The minimum atomic E-state index is 0.272. The highest BCUT2D eigenvalue weighted by atomic mass is 35.5. The van der Waals surface area contributed by atoms with Gasteiger partial charge in [-0.25, -0.2) is 9.97 Å². The first-order valence-corrected chi connectivity index (χ1v) is 6.79. The second-order valence-electron chi connectivity index (χ2n) is 4.83. The third-order valence-corrected chi connectivity index (χ3v) is 3.06. The SMILES string of the molecule is CC(C)Nc1nc(-c2ccco2)nc2cc(Cl)ccc12. The van der Waals surface area contributed by atoms with Gasteiger partial charge in [0, 0.05) is 16.5 Å². The van der Waals surface area contributed by atoms with Crippen LogP contribution in [0.4, 0.5) is 5.82 Å². The molecule has 0 bridgehead atoms. The van der Waals surface area contributed by atoms with Crippen LogP contribution in [0, 0.1) is 0 Å². The number of hydrogen-bond donors (Lipinski definition) is 1. The fourth-order valence-electron chi connectivity index (χ4n) is 2.00. The lowest BCUT2D eigenvalue weighted by atomic mass is 10.2. The number of fused-ring (bicyclic) bond motifs is 1. The van der Waals surface area contributed by atoms with Crippen LogP contribution in [0.1, 0.15) is 13.8 Å². The molecule has 0 spiro atoms. The van der Waals surface area contributed by atoms with Crippen molar-refractivity contribution in [3.63, 3.8) is 0 Å². The topological polar surface area (TPSA) is 51.0 Å². The Hall–Kier alpha value is -2.07. The van der Waals surface area contributed by atoms with E-state index in [0.717, 1.165) is 16.7 Å². The van der Waals surface area contributed by atoms with Crippen LogP contribution in [0.25, 0.3) is 22.5 Å². The molecule has 0 unspecified atom stereocenters. The van der Waals surface area contributed by atoms with Crippen LogP contribution >= 0.6 is 11.6 Å². The minimum absolute atomic E-state index is 0.272. The first-order chi connectivity index (χ1) is 9.63. The molecule has 1 N–H and O–H groups in total. The normalized spacial score (nSPS) is 11.2. The van der Waals surface area contributed by atoms with Crippen molar-refractivity contribution in [2.24, 2.45) is 0 Å². The highest BCUT2D eigenvalue weighted by Crippen LogP contribution is 2.27. The van der Waals surface area contributed by atoms with Crippen molar-refractivity contribution in [2.45, 2.75) is 19.9 Å². The molecule has 2 heterocycles. The van der Waals surface area contributed by atoms with Crippen molar-refractivity contribution in [1.82, 2.24) is 9.97 Å². The van der Waals surface area contributed by atoms with Crippen molar-refractivity contribution >= 4 is 28.3 Å². The summed E-state index contributed by atoms with van der Waals surface area (Å²) in [5, 5.41) is 4.93.